The summed E-state index contributed by atoms with van der Waals surface area (Å²) in [5.74, 6) is -0.395. The monoisotopic (exact) mass is 321 g/mol. The Hall–Kier alpha value is -2.52. The Labute approximate surface area is 127 Å². The van der Waals surface area contributed by atoms with E-state index < -0.39 is 15.9 Å². The van der Waals surface area contributed by atoms with Crippen LogP contribution in [0.2, 0.25) is 0 Å². The molecule has 2 aromatic rings. The van der Waals surface area contributed by atoms with Crippen molar-refractivity contribution in [3.05, 3.63) is 47.9 Å². The van der Waals surface area contributed by atoms with Crippen molar-refractivity contribution in [1.29, 1.82) is 0 Å². The van der Waals surface area contributed by atoms with Gasteiger partial charge in [-0.1, -0.05) is 12.1 Å². The minimum Gasteiger partial charge on any atom is -0.382 e. The molecule has 0 aliphatic rings. The first kappa shape index (κ1) is 15.9. The summed E-state index contributed by atoms with van der Waals surface area (Å²) in [4.78, 5) is 19.7. The number of aromatic nitrogens is 2. The third kappa shape index (κ3) is 3.57. The van der Waals surface area contributed by atoms with Gasteiger partial charge in [-0.3, -0.25) is 4.79 Å². The summed E-state index contributed by atoms with van der Waals surface area (Å²) in [5.41, 5.74) is 6.36. The topological polar surface area (TPSA) is 127 Å². The van der Waals surface area contributed by atoms with E-state index in [1.165, 1.54) is 31.6 Å². The Morgan fingerprint density at radius 1 is 1.18 bits per heavy atom. The molecule has 0 unspecified atom stereocenters. The van der Waals surface area contributed by atoms with Gasteiger partial charge in [0.2, 0.25) is 10.0 Å². The van der Waals surface area contributed by atoms with Crippen LogP contribution in [0.3, 0.4) is 0 Å². The van der Waals surface area contributed by atoms with Gasteiger partial charge in [-0.15, -0.1) is 0 Å². The minimum atomic E-state index is -3.47. The summed E-state index contributed by atoms with van der Waals surface area (Å²) >= 11 is 0. The summed E-state index contributed by atoms with van der Waals surface area (Å²) in [6.45, 7) is 0.217. The molecule has 1 aromatic heterocycles. The highest BCUT2D eigenvalue weighted by Crippen LogP contribution is 2.10. The van der Waals surface area contributed by atoms with Crippen LogP contribution in [0.25, 0.3) is 0 Å². The molecule has 116 valence electrons. The Bertz CT molecular complexity index is 775. The van der Waals surface area contributed by atoms with Gasteiger partial charge in [0.1, 0.15) is 0 Å². The molecule has 8 nitrogen and oxygen atoms in total. The molecule has 0 atom stereocenters. The van der Waals surface area contributed by atoms with Crippen molar-refractivity contribution in [2.75, 3.05) is 12.8 Å². The van der Waals surface area contributed by atoms with Gasteiger partial charge in [0.25, 0.3) is 5.91 Å². The van der Waals surface area contributed by atoms with E-state index in [-0.39, 0.29) is 23.0 Å². The smallest absolute Gasteiger partial charge is 0.273 e. The average molecular weight is 321 g/mol. The normalized spacial score (nSPS) is 11.1. The SMILES string of the molecule is CNS(=O)(=O)c1ccc(CNC(=O)c2nccnc2N)cc1. The fraction of sp³-hybridized carbons (Fsp3) is 0.154. The number of nitrogen functional groups attached to an aromatic ring is 1. The lowest BCUT2D eigenvalue weighted by Gasteiger charge is -2.07. The number of hydrogen-bond acceptors (Lipinski definition) is 6. The fourth-order valence-electron chi connectivity index (χ4n) is 1.69. The van der Waals surface area contributed by atoms with Gasteiger partial charge in [-0.05, 0) is 24.7 Å². The summed E-state index contributed by atoms with van der Waals surface area (Å²) in [7, 11) is -2.12. The molecule has 0 spiro atoms. The maximum atomic E-state index is 11.9. The molecular formula is C13H15N5O3S. The maximum Gasteiger partial charge on any atom is 0.273 e. The first-order valence-corrected chi connectivity index (χ1v) is 7.79. The molecule has 0 fully saturated rings. The zero-order valence-corrected chi connectivity index (χ0v) is 12.6. The minimum absolute atomic E-state index is 0.0514. The zero-order chi connectivity index (χ0) is 16.2. The van der Waals surface area contributed by atoms with Crippen LogP contribution in [0.1, 0.15) is 16.1 Å². The summed E-state index contributed by atoms with van der Waals surface area (Å²) in [6.07, 6.45) is 2.77. The standard InChI is InChI=1S/C13H15N5O3S/c1-15-22(20,21)10-4-2-9(3-5-10)8-18-13(19)11-12(14)17-7-6-16-11/h2-7,15H,8H2,1H3,(H2,14,17)(H,18,19). The molecule has 9 heteroatoms. The molecular weight excluding hydrogens is 306 g/mol. The van der Waals surface area contributed by atoms with E-state index >= 15 is 0 Å². The van der Waals surface area contributed by atoms with Crippen LogP contribution in [-0.2, 0) is 16.6 Å². The van der Waals surface area contributed by atoms with Gasteiger partial charge in [0.15, 0.2) is 11.5 Å². The zero-order valence-electron chi connectivity index (χ0n) is 11.8. The van der Waals surface area contributed by atoms with Gasteiger partial charge in [0.05, 0.1) is 4.90 Å². The van der Waals surface area contributed by atoms with E-state index in [1.54, 1.807) is 12.1 Å². The lowest BCUT2D eigenvalue weighted by Crippen LogP contribution is -2.25. The number of nitrogens with zero attached hydrogens (tertiary/aromatic N) is 2. The lowest BCUT2D eigenvalue weighted by molar-refractivity contribution is 0.0946. The van der Waals surface area contributed by atoms with Crippen molar-refractivity contribution >= 4 is 21.7 Å². The Morgan fingerprint density at radius 3 is 2.41 bits per heavy atom. The second kappa shape index (κ2) is 6.50. The highest BCUT2D eigenvalue weighted by Gasteiger charge is 2.13. The van der Waals surface area contributed by atoms with Crippen molar-refractivity contribution in [3.63, 3.8) is 0 Å². The van der Waals surface area contributed by atoms with Crippen molar-refractivity contribution < 1.29 is 13.2 Å². The van der Waals surface area contributed by atoms with Crippen LogP contribution in [0, 0.1) is 0 Å². The molecule has 0 bridgehead atoms. The van der Waals surface area contributed by atoms with Gasteiger partial charge in [-0.2, -0.15) is 0 Å². The number of hydrogen-bond donors (Lipinski definition) is 3. The quantitative estimate of drug-likeness (QED) is 0.705. The molecule has 1 aromatic carbocycles. The second-order valence-electron chi connectivity index (χ2n) is 4.32. The summed E-state index contributed by atoms with van der Waals surface area (Å²) in [5, 5.41) is 2.64. The Morgan fingerprint density at radius 2 is 1.82 bits per heavy atom. The third-order valence-electron chi connectivity index (χ3n) is 2.90. The van der Waals surface area contributed by atoms with Crippen molar-refractivity contribution in [2.24, 2.45) is 0 Å². The van der Waals surface area contributed by atoms with E-state index in [1.807, 2.05) is 0 Å². The van der Waals surface area contributed by atoms with Crippen molar-refractivity contribution in [3.8, 4) is 0 Å². The van der Waals surface area contributed by atoms with Crippen LogP contribution < -0.4 is 15.8 Å². The molecule has 0 radical (unpaired) electrons. The highest BCUT2D eigenvalue weighted by atomic mass is 32.2. The third-order valence-corrected chi connectivity index (χ3v) is 4.33. The van der Waals surface area contributed by atoms with Crippen LogP contribution >= 0.6 is 0 Å². The first-order chi connectivity index (χ1) is 10.4. The molecule has 22 heavy (non-hydrogen) atoms. The Balaban J connectivity index is 2.04. The number of rotatable bonds is 5. The van der Waals surface area contributed by atoms with E-state index in [9.17, 15) is 13.2 Å². The van der Waals surface area contributed by atoms with E-state index in [0.717, 1.165) is 5.56 Å². The number of nitrogens with two attached hydrogens (primary N) is 1. The van der Waals surface area contributed by atoms with Crippen LogP contribution in [0.5, 0.6) is 0 Å². The van der Waals surface area contributed by atoms with Crippen LogP contribution in [0.4, 0.5) is 5.82 Å². The number of benzene rings is 1. The molecule has 2 rings (SSSR count). The van der Waals surface area contributed by atoms with E-state index in [0.29, 0.717) is 0 Å². The predicted molar refractivity (Wildman–Crippen MR) is 80.3 cm³/mol. The second-order valence-corrected chi connectivity index (χ2v) is 6.21. The van der Waals surface area contributed by atoms with Crippen LogP contribution in [-0.4, -0.2) is 31.3 Å². The first-order valence-electron chi connectivity index (χ1n) is 6.31. The molecule has 0 saturated heterocycles. The predicted octanol–water partition coefficient (Wildman–Crippen LogP) is -0.103. The number of carbonyl (C=O) groups is 1. The molecule has 0 aliphatic heterocycles. The summed E-state index contributed by atoms with van der Waals surface area (Å²) in [6, 6.07) is 6.16. The number of nitrogens with one attached hydrogen (secondary N) is 2. The molecule has 0 aliphatic carbocycles. The van der Waals surface area contributed by atoms with Crippen molar-refractivity contribution in [1.82, 2.24) is 20.0 Å². The summed E-state index contributed by atoms with van der Waals surface area (Å²) < 4.78 is 25.4. The van der Waals surface area contributed by atoms with Crippen molar-refractivity contribution in [2.45, 2.75) is 11.4 Å². The number of amides is 1. The molecule has 4 N–H and O–H groups in total. The van der Waals surface area contributed by atoms with E-state index in [2.05, 4.69) is 20.0 Å². The van der Waals surface area contributed by atoms with Crippen LogP contribution in [0.15, 0.2) is 41.6 Å². The Kier molecular flexibility index (Phi) is 4.68. The highest BCUT2D eigenvalue weighted by molar-refractivity contribution is 7.89. The van der Waals surface area contributed by atoms with E-state index in [4.69, 9.17) is 5.73 Å². The largest absolute Gasteiger partial charge is 0.382 e. The maximum absolute atomic E-state index is 11.9. The van der Waals surface area contributed by atoms with Gasteiger partial charge in [-0.25, -0.2) is 23.1 Å². The number of carbonyl (C=O) groups excluding carboxylic acids is 1. The number of sulfonamides is 1. The number of anilines is 1. The molecule has 1 heterocycles. The average Bonchev–Trinajstić information content (AvgIpc) is 2.53. The van der Waals surface area contributed by atoms with Gasteiger partial charge < -0.3 is 11.1 Å². The van der Waals surface area contributed by atoms with Gasteiger partial charge in [0, 0.05) is 18.9 Å². The van der Waals surface area contributed by atoms with Gasteiger partial charge >= 0.3 is 0 Å². The fourth-order valence-corrected chi connectivity index (χ4v) is 2.42. The lowest BCUT2D eigenvalue weighted by atomic mass is 10.2. The molecule has 0 saturated carbocycles. The molecule has 1 amide bonds.